The van der Waals surface area contributed by atoms with Crippen LogP contribution in [0.25, 0.3) is 0 Å². The summed E-state index contributed by atoms with van der Waals surface area (Å²) in [5, 5.41) is 3.23. The van der Waals surface area contributed by atoms with Crippen LogP contribution in [0.3, 0.4) is 0 Å². The number of rotatable bonds is 4. The SMILES string of the molecule is CC(=O)NC1(CCc2ccccc2)CCCCC1. The van der Waals surface area contributed by atoms with Gasteiger partial charge in [0.1, 0.15) is 0 Å². The monoisotopic (exact) mass is 245 g/mol. The highest BCUT2D eigenvalue weighted by atomic mass is 16.1. The molecule has 1 aromatic rings. The molecule has 0 aromatic heterocycles. The second kappa shape index (κ2) is 6.03. The first-order valence-electron chi connectivity index (χ1n) is 7.03. The molecule has 1 N–H and O–H groups in total. The lowest BCUT2D eigenvalue weighted by atomic mass is 9.77. The Balaban J connectivity index is 1.99. The van der Waals surface area contributed by atoms with E-state index in [-0.39, 0.29) is 11.4 Å². The number of carbonyl (C=O) groups excluding carboxylic acids is 1. The average Bonchev–Trinajstić information content (AvgIpc) is 2.38. The minimum Gasteiger partial charge on any atom is -0.351 e. The molecular formula is C16H23NO. The second-order valence-electron chi connectivity index (χ2n) is 5.51. The minimum absolute atomic E-state index is 0.0555. The smallest absolute Gasteiger partial charge is 0.217 e. The van der Waals surface area contributed by atoms with Crippen molar-refractivity contribution in [1.29, 1.82) is 0 Å². The van der Waals surface area contributed by atoms with Crippen molar-refractivity contribution in [3.63, 3.8) is 0 Å². The van der Waals surface area contributed by atoms with Gasteiger partial charge in [-0.1, -0.05) is 49.6 Å². The van der Waals surface area contributed by atoms with E-state index in [1.807, 2.05) is 6.07 Å². The van der Waals surface area contributed by atoms with Gasteiger partial charge in [-0.3, -0.25) is 4.79 Å². The van der Waals surface area contributed by atoms with E-state index in [9.17, 15) is 4.79 Å². The zero-order valence-electron chi connectivity index (χ0n) is 11.2. The zero-order chi connectivity index (χ0) is 12.8. The number of nitrogens with one attached hydrogen (secondary N) is 1. The van der Waals surface area contributed by atoms with Crippen LogP contribution >= 0.6 is 0 Å². The number of carbonyl (C=O) groups is 1. The van der Waals surface area contributed by atoms with E-state index in [0.29, 0.717) is 0 Å². The van der Waals surface area contributed by atoms with Crippen molar-refractivity contribution in [1.82, 2.24) is 5.32 Å². The maximum atomic E-state index is 11.4. The summed E-state index contributed by atoms with van der Waals surface area (Å²) < 4.78 is 0. The Hall–Kier alpha value is -1.31. The topological polar surface area (TPSA) is 29.1 Å². The summed E-state index contributed by atoms with van der Waals surface area (Å²) in [7, 11) is 0. The van der Waals surface area contributed by atoms with E-state index in [1.54, 1.807) is 6.92 Å². The Kier molecular flexibility index (Phi) is 4.40. The molecule has 2 rings (SSSR count). The van der Waals surface area contributed by atoms with E-state index < -0.39 is 0 Å². The summed E-state index contributed by atoms with van der Waals surface area (Å²) in [5.41, 5.74) is 1.42. The molecule has 18 heavy (non-hydrogen) atoms. The molecule has 0 bridgehead atoms. The Morgan fingerprint density at radius 2 is 1.83 bits per heavy atom. The number of amides is 1. The van der Waals surface area contributed by atoms with E-state index in [4.69, 9.17) is 0 Å². The van der Waals surface area contributed by atoms with Crippen molar-refractivity contribution in [2.45, 2.75) is 57.4 Å². The van der Waals surface area contributed by atoms with Crippen LogP contribution in [0.4, 0.5) is 0 Å². The number of benzene rings is 1. The van der Waals surface area contributed by atoms with E-state index in [2.05, 4.69) is 29.6 Å². The van der Waals surface area contributed by atoms with Gasteiger partial charge in [-0.05, 0) is 31.2 Å². The van der Waals surface area contributed by atoms with Crippen molar-refractivity contribution in [2.75, 3.05) is 0 Å². The summed E-state index contributed by atoms with van der Waals surface area (Å²) in [5.74, 6) is 0.116. The molecule has 0 atom stereocenters. The Morgan fingerprint density at radius 3 is 2.44 bits per heavy atom. The van der Waals surface area contributed by atoms with Crippen LogP contribution in [-0.2, 0) is 11.2 Å². The standard InChI is InChI=1S/C16H23NO/c1-14(18)17-16(11-6-3-7-12-16)13-10-15-8-4-2-5-9-15/h2,4-5,8-9H,3,6-7,10-13H2,1H3,(H,17,18). The summed E-state index contributed by atoms with van der Waals surface area (Å²) in [6.07, 6.45) is 8.20. The van der Waals surface area contributed by atoms with E-state index >= 15 is 0 Å². The molecule has 1 aliphatic rings. The molecule has 0 radical (unpaired) electrons. The fraction of sp³-hybridized carbons (Fsp3) is 0.562. The largest absolute Gasteiger partial charge is 0.351 e. The molecule has 2 heteroatoms. The van der Waals surface area contributed by atoms with Gasteiger partial charge in [0.25, 0.3) is 0 Å². The highest BCUT2D eigenvalue weighted by molar-refractivity contribution is 5.73. The van der Waals surface area contributed by atoms with Gasteiger partial charge >= 0.3 is 0 Å². The van der Waals surface area contributed by atoms with Gasteiger partial charge in [0.05, 0.1) is 0 Å². The molecule has 1 fully saturated rings. The van der Waals surface area contributed by atoms with Gasteiger partial charge < -0.3 is 5.32 Å². The molecule has 0 heterocycles. The summed E-state index contributed by atoms with van der Waals surface area (Å²) in [4.78, 5) is 11.4. The fourth-order valence-electron chi connectivity index (χ4n) is 3.07. The predicted molar refractivity (Wildman–Crippen MR) is 74.4 cm³/mol. The van der Waals surface area contributed by atoms with Crippen LogP contribution < -0.4 is 5.32 Å². The molecule has 1 saturated carbocycles. The van der Waals surface area contributed by atoms with Crippen LogP contribution in [0, 0.1) is 0 Å². The lowest BCUT2D eigenvalue weighted by molar-refractivity contribution is -0.121. The Bertz CT molecular complexity index is 379. The first-order valence-corrected chi connectivity index (χ1v) is 7.03. The second-order valence-corrected chi connectivity index (χ2v) is 5.51. The van der Waals surface area contributed by atoms with Gasteiger partial charge in [-0.15, -0.1) is 0 Å². The lowest BCUT2D eigenvalue weighted by Crippen LogP contribution is -2.49. The van der Waals surface area contributed by atoms with Crippen molar-refractivity contribution >= 4 is 5.91 Å². The molecular weight excluding hydrogens is 222 g/mol. The number of hydrogen-bond donors (Lipinski definition) is 1. The molecule has 2 nitrogen and oxygen atoms in total. The van der Waals surface area contributed by atoms with Gasteiger partial charge in [-0.25, -0.2) is 0 Å². The van der Waals surface area contributed by atoms with Gasteiger partial charge in [0.2, 0.25) is 5.91 Å². The molecule has 1 amide bonds. The average molecular weight is 245 g/mol. The minimum atomic E-state index is 0.0555. The van der Waals surface area contributed by atoms with E-state index in [0.717, 1.165) is 25.7 Å². The molecule has 0 saturated heterocycles. The molecule has 0 aliphatic heterocycles. The highest BCUT2D eigenvalue weighted by Crippen LogP contribution is 2.32. The Labute approximate surface area is 110 Å². The van der Waals surface area contributed by atoms with Gasteiger partial charge in [0.15, 0.2) is 0 Å². The zero-order valence-corrected chi connectivity index (χ0v) is 11.2. The quantitative estimate of drug-likeness (QED) is 0.864. The van der Waals surface area contributed by atoms with E-state index in [1.165, 1.54) is 24.8 Å². The molecule has 98 valence electrons. The molecule has 0 unspecified atom stereocenters. The van der Waals surface area contributed by atoms with Crippen LogP contribution in [0.1, 0.15) is 51.0 Å². The third kappa shape index (κ3) is 3.59. The predicted octanol–water partition coefficient (Wildman–Crippen LogP) is 3.46. The summed E-state index contributed by atoms with van der Waals surface area (Å²) in [6.45, 7) is 1.64. The van der Waals surface area contributed by atoms with Crippen molar-refractivity contribution in [3.8, 4) is 0 Å². The van der Waals surface area contributed by atoms with Crippen LogP contribution in [0.2, 0.25) is 0 Å². The highest BCUT2D eigenvalue weighted by Gasteiger charge is 2.32. The molecule has 1 aliphatic carbocycles. The van der Waals surface area contributed by atoms with Crippen molar-refractivity contribution < 1.29 is 4.79 Å². The van der Waals surface area contributed by atoms with Crippen LogP contribution in [-0.4, -0.2) is 11.4 Å². The van der Waals surface area contributed by atoms with Crippen molar-refractivity contribution in [3.05, 3.63) is 35.9 Å². The molecule has 1 aromatic carbocycles. The van der Waals surface area contributed by atoms with Crippen molar-refractivity contribution in [2.24, 2.45) is 0 Å². The summed E-state index contributed by atoms with van der Waals surface area (Å²) in [6, 6.07) is 10.6. The molecule has 0 spiro atoms. The summed E-state index contributed by atoms with van der Waals surface area (Å²) >= 11 is 0. The number of aryl methyl sites for hydroxylation is 1. The van der Waals surface area contributed by atoms with Crippen LogP contribution in [0.15, 0.2) is 30.3 Å². The maximum absolute atomic E-state index is 11.4. The number of hydrogen-bond acceptors (Lipinski definition) is 1. The first kappa shape index (κ1) is 13.1. The fourth-order valence-corrected chi connectivity index (χ4v) is 3.07. The maximum Gasteiger partial charge on any atom is 0.217 e. The van der Waals surface area contributed by atoms with Gasteiger partial charge in [-0.2, -0.15) is 0 Å². The third-order valence-corrected chi connectivity index (χ3v) is 3.99. The Morgan fingerprint density at radius 1 is 1.17 bits per heavy atom. The van der Waals surface area contributed by atoms with Crippen LogP contribution in [0.5, 0.6) is 0 Å². The normalized spacial score (nSPS) is 18.3. The first-order chi connectivity index (χ1) is 8.70. The van der Waals surface area contributed by atoms with Gasteiger partial charge in [0, 0.05) is 12.5 Å². The third-order valence-electron chi connectivity index (χ3n) is 3.99. The lowest BCUT2D eigenvalue weighted by Gasteiger charge is -2.38.